The van der Waals surface area contributed by atoms with Crippen LogP contribution >= 0.6 is 0 Å². The number of para-hydroxylation sites is 1. The van der Waals surface area contributed by atoms with Crippen LogP contribution < -0.4 is 4.72 Å². The third-order valence-electron chi connectivity index (χ3n) is 6.71. The molecule has 1 fully saturated rings. The highest BCUT2D eigenvalue weighted by molar-refractivity contribution is 7.93. The summed E-state index contributed by atoms with van der Waals surface area (Å²) in [5.74, 6) is -0.934. The summed E-state index contributed by atoms with van der Waals surface area (Å²) < 4.78 is 84.4. The van der Waals surface area contributed by atoms with Gasteiger partial charge in [-0.25, -0.2) is 12.8 Å². The summed E-state index contributed by atoms with van der Waals surface area (Å²) in [5, 5.41) is 0.511. The number of hydrogen-bond donors (Lipinski definition) is 1. The molecule has 0 unspecified atom stereocenters. The van der Waals surface area contributed by atoms with Gasteiger partial charge < -0.3 is 4.90 Å². The fourth-order valence-electron chi connectivity index (χ4n) is 4.65. The monoisotopic (exact) mass is 572 g/mol. The molecule has 1 saturated heterocycles. The van der Waals surface area contributed by atoms with Crippen molar-refractivity contribution in [3.8, 4) is 0 Å². The molecule has 0 aliphatic carbocycles. The summed E-state index contributed by atoms with van der Waals surface area (Å²) in [7, 11) is -4.45. The maximum atomic E-state index is 14.0. The molecule has 0 atom stereocenters. The maximum absolute atomic E-state index is 14.0. The van der Waals surface area contributed by atoms with Crippen LogP contribution in [0.4, 0.5) is 23.2 Å². The molecule has 12 heteroatoms. The second kappa shape index (κ2) is 10.9. The Kier molecular flexibility index (Phi) is 7.47. The number of nitrogens with one attached hydrogen (secondary N) is 1. The Bertz CT molecular complexity index is 1660. The predicted octanol–water partition coefficient (Wildman–Crippen LogP) is 5.15. The number of nitrogens with zero attached hydrogens (tertiary/aromatic N) is 3. The van der Waals surface area contributed by atoms with E-state index in [1.165, 1.54) is 35.4 Å². The summed E-state index contributed by atoms with van der Waals surface area (Å²) in [6, 6.07) is 16.8. The van der Waals surface area contributed by atoms with E-state index in [9.17, 15) is 30.8 Å². The number of hydrogen-bond acceptors (Lipinski definition) is 5. The molecule has 1 amide bonds. The van der Waals surface area contributed by atoms with Crippen LogP contribution in [0.2, 0.25) is 0 Å². The van der Waals surface area contributed by atoms with Crippen molar-refractivity contribution in [3.63, 3.8) is 0 Å². The van der Waals surface area contributed by atoms with E-state index >= 15 is 0 Å². The smallest absolute Gasteiger partial charge is 0.336 e. The lowest BCUT2D eigenvalue weighted by atomic mass is 10.1. The number of piperazine rings is 1. The average Bonchev–Trinajstić information content (AvgIpc) is 2.93. The van der Waals surface area contributed by atoms with Gasteiger partial charge in [0.15, 0.2) is 0 Å². The zero-order valence-corrected chi connectivity index (χ0v) is 21.8. The molecule has 1 N–H and O–H groups in total. The second-order valence-corrected chi connectivity index (χ2v) is 11.0. The first-order valence-electron chi connectivity index (χ1n) is 12.4. The number of halogens is 4. The molecule has 0 bridgehead atoms. The van der Waals surface area contributed by atoms with Gasteiger partial charge in [-0.1, -0.05) is 36.4 Å². The quantitative estimate of drug-likeness (QED) is 0.323. The lowest BCUT2D eigenvalue weighted by molar-refractivity contribution is -0.136. The number of benzene rings is 3. The van der Waals surface area contributed by atoms with Crippen molar-refractivity contribution in [2.45, 2.75) is 17.6 Å². The first-order chi connectivity index (χ1) is 19.0. The highest BCUT2D eigenvalue weighted by Crippen LogP contribution is 2.37. The Morgan fingerprint density at radius 3 is 2.38 bits per heavy atom. The summed E-state index contributed by atoms with van der Waals surface area (Å²) >= 11 is 0. The lowest BCUT2D eigenvalue weighted by Gasteiger charge is -2.35. The van der Waals surface area contributed by atoms with Crippen LogP contribution in [-0.4, -0.2) is 55.3 Å². The van der Waals surface area contributed by atoms with Gasteiger partial charge >= 0.3 is 6.18 Å². The molecule has 5 rings (SSSR count). The van der Waals surface area contributed by atoms with Gasteiger partial charge in [0.1, 0.15) is 10.7 Å². The molecule has 2 heterocycles. The van der Waals surface area contributed by atoms with E-state index < -0.39 is 33.4 Å². The number of anilines is 1. The Hall–Kier alpha value is -4.03. The summed E-state index contributed by atoms with van der Waals surface area (Å²) in [6.07, 6.45) is -3.55. The minimum absolute atomic E-state index is 0.118. The van der Waals surface area contributed by atoms with Gasteiger partial charge in [0.05, 0.1) is 16.8 Å². The fraction of sp³-hybridized carbons (Fsp3) is 0.214. The zero-order chi connectivity index (χ0) is 28.5. The molecule has 1 aliphatic rings. The van der Waals surface area contributed by atoms with Gasteiger partial charge in [0.2, 0.25) is 0 Å². The number of fused-ring (bicyclic) bond motifs is 1. The van der Waals surface area contributed by atoms with Crippen LogP contribution in [0.25, 0.3) is 10.9 Å². The summed E-state index contributed by atoms with van der Waals surface area (Å²) in [5.41, 5.74) is -1.56. The van der Waals surface area contributed by atoms with Crippen molar-refractivity contribution in [2.24, 2.45) is 0 Å². The molecule has 7 nitrogen and oxygen atoms in total. The fourth-order valence-corrected chi connectivity index (χ4v) is 5.91. The van der Waals surface area contributed by atoms with Crippen LogP contribution in [0.1, 0.15) is 21.5 Å². The highest BCUT2D eigenvalue weighted by Gasteiger charge is 2.36. The van der Waals surface area contributed by atoms with Gasteiger partial charge in [0, 0.05) is 55.4 Å². The molecule has 4 aromatic rings. The molecule has 0 radical (unpaired) electrons. The maximum Gasteiger partial charge on any atom is 0.418 e. The molecule has 3 aromatic carbocycles. The van der Waals surface area contributed by atoms with E-state index in [-0.39, 0.29) is 34.9 Å². The van der Waals surface area contributed by atoms with Crippen molar-refractivity contribution in [1.29, 1.82) is 0 Å². The van der Waals surface area contributed by atoms with E-state index in [4.69, 9.17) is 0 Å². The lowest BCUT2D eigenvalue weighted by Crippen LogP contribution is -2.48. The zero-order valence-electron chi connectivity index (χ0n) is 21.0. The van der Waals surface area contributed by atoms with Crippen molar-refractivity contribution in [3.05, 3.63) is 102 Å². The van der Waals surface area contributed by atoms with E-state index in [0.717, 1.165) is 6.07 Å². The van der Waals surface area contributed by atoms with Gasteiger partial charge in [-0.15, -0.1) is 0 Å². The standard InChI is InChI=1S/C28H24F4N4O3S/c29-23-8-2-1-5-21(23)18-35-13-15-36(16-14-35)27(37)20-10-11-24(22(17-20)28(30,31)32)34-40(38,39)25-9-3-6-19-7-4-12-33-26(19)25/h1-12,17,34H,13-16,18H2. The largest absolute Gasteiger partial charge is 0.418 e. The van der Waals surface area contributed by atoms with Crippen LogP contribution in [0.5, 0.6) is 0 Å². The van der Waals surface area contributed by atoms with E-state index in [0.29, 0.717) is 36.7 Å². The van der Waals surface area contributed by atoms with E-state index in [2.05, 4.69) is 4.98 Å². The molecule has 208 valence electrons. The van der Waals surface area contributed by atoms with Crippen LogP contribution in [0, 0.1) is 5.82 Å². The van der Waals surface area contributed by atoms with Crippen molar-refractivity contribution < 1.29 is 30.8 Å². The van der Waals surface area contributed by atoms with Crippen LogP contribution in [0.3, 0.4) is 0 Å². The van der Waals surface area contributed by atoms with E-state index in [1.54, 1.807) is 36.4 Å². The minimum atomic E-state index is -4.94. The van der Waals surface area contributed by atoms with Gasteiger partial charge in [0.25, 0.3) is 15.9 Å². The number of carbonyl (C=O) groups excluding carboxylic acids is 1. The topological polar surface area (TPSA) is 82.6 Å². The van der Waals surface area contributed by atoms with Crippen molar-refractivity contribution >= 4 is 32.5 Å². The SMILES string of the molecule is O=C(c1ccc(NS(=O)(=O)c2cccc3cccnc23)c(C(F)(F)F)c1)N1CCN(Cc2ccccc2F)CC1. The second-order valence-electron chi connectivity index (χ2n) is 9.35. The molecule has 1 aromatic heterocycles. The normalized spacial score (nSPS) is 14.8. The number of amides is 1. The van der Waals surface area contributed by atoms with Gasteiger partial charge in [-0.2, -0.15) is 13.2 Å². The Morgan fingerprint density at radius 2 is 1.65 bits per heavy atom. The first-order valence-corrected chi connectivity index (χ1v) is 13.8. The Balaban J connectivity index is 1.35. The van der Waals surface area contributed by atoms with Crippen LogP contribution in [-0.2, 0) is 22.7 Å². The molecular weight excluding hydrogens is 548 g/mol. The third kappa shape index (κ3) is 5.77. The highest BCUT2D eigenvalue weighted by atomic mass is 32.2. The van der Waals surface area contributed by atoms with Gasteiger partial charge in [-0.3, -0.25) is 19.4 Å². The number of sulfonamides is 1. The first kappa shape index (κ1) is 27.5. The number of rotatable bonds is 6. The molecule has 1 aliphatic heterocycles. The molecular formula is C28H24F4N4O3S. The molecule has 0 saturated carbocycles. The predicted molar refractivity (Wildman–Crippen MR) is 142 cm³/mol. The third-order valence-corrected chi connectivity index (χ3v) is 8.11. The Morgan fingerprint density at radius 1 is 0.925 bits per heavy atom. The molecule has 40 heavy (non-hydrogen) atoms. The number of aromatic nitrogens is 1. The number of carbonyl (C=O) groups is 1. The van der Waals surface area contributed by atoms with Gasteiger partial charge in [-0.05, 0) is 36.4 Å². The van der Waals surface area contributed by atoms with Crippen molar-refractivity contribution in [1.82, 2.24) is 14.8 Å². The summed E-state index contributed by atoms with van der Waals surface area (Å²) in [4.78, 5) is 20.3. The van der Waals surface area contributed by atoms with E-state index in [1.807, 2.05) is 9.62 Å². The molecule has 0 spiro atoms. The number of alkyl halides is 3. The average molecular weight is 573 g/mol. The number of pyridine rings is 1. The van der Waals surface area contributed by atoms with Crippen molar-refractivity contribution in [2.75, 3.05) is 30.9 Å². The minimum Gasteiger partial charge on any atom is -0.336 e. The Labute approximate surface area is 228 Å². The van der Waals surface area contributed by atoms with Crippen LogP contribution in [0.15, 0.2) is 83.9 Å². The summed E-state index contributed by atoms with van der Waals surface area (Å²) in [6.45, 7) is 1.69.